The van der Waals surface area contributed by atoms with Crippen LogP contribution in [0.4, 0.5) is 0 Å². The van der Waals surface area contributed by atoms with Gasteiger partial charge in [-0.1, -0.05) is 6.92 Å². The van der Waals surface area contributed by atoms with Crippen LogP contribution in [0.5, 0.6) is 23.0 Å². The smallest absolute Gasteiger partial charge is 0.162 e. The lowest BCUT2D eigenvalue weighted by Gasteiger charge is -2.13. The van der Waals surface area contributed by atoms with Crippen molar-refractivity contribution in [2.75, 3.05) is 26.4 Å². The largest absolute Gasteiger partial charge is 0.494 e. The first-order valence-corrected chi connectivity index (χ1v) is 8.42. The fourth-order valence-corrected chi connectivity index (χ4v) is 2.13. The summed E-state index contributed by atoms with van der Waals surface area (Å²) in [4.78, 5) is 0. The molecule has 0 radical (unpaired) electrons. The van der Waals surface area contributed by atoms with Gasteiger partial charge in [0.25, 0.3) is 0 Å². The summed E-state index contributed by atoms with van der Waals surface area (Å²) in [6.45, 7) is 5.96. The van der Waals surface area contributed by atoms with Crippen molar-refractivity contribution in [3.05, 3.63) is 48.0 Å². The third-order valence-electron chi connectivity index (χ3n) is 3.28. The van der Waals surface area contributed by atoms with Gasteiger partial charge in [0.1, 0.15) is 24.7 Å². The first kappa shape index (κ1) is 18.5. The normalized spacial score (nSPS) is 9.96. The number of nitrogens with zero attached hydrogens (tertiary/aromatic N) is 1. The van der Waals surface area contributed by atoms with Crippen molar-refractivity contribution >= 4 is 0 Å². The molecule has 0 aliphatic carbocycles. The van der Waals surface area contributed by atoms with Crippen molar-refractivity contribution in [1.82, 2.24) is 0 Å². The van der Waals surface area contributed by atoms with Gasteiger partial charge < -0.3 is 18.9 Å². The monoisotopic (exact) mass is 341 g/mol. The standard InChI is InChI=1S/C20H23NO4/c1-3-11-23-17-6-8-18(9-7-17)24-12-13-25-19-10-5-16(15-21)14-20(19)22-4-2/h5-10,14H,3-4,11-13H2,1-2H3. The van der Waals surface area contributed by atoms with Gasteiger partial charge in [-0.3, -0.25) is 0 Å². The maximum Gasteiger partial charge on any atom is 0.162 e. The SMILES string of the molecule is CCCOc1ccc(OCCOc2ccc(C#N)cc2OCC)cc1. The molecule has 2 aromatic rings. The highest BCUT2D eigenvalue weighted by Gasteiger charge is 2.06. The Kier molecular flexibility index (Phi) is 7.45. The number of rotatable bonds is 10. The quantitative estimate of drug-likeness (QED) is 0.606. The van der Waals surface area contributed by atoms with E-state index < -0.39 is 0 Å². The lowest BCUT2D eigenvalue weighted by Crippen LogP contribution is -2.10. The summed E-state index contributed by atoms with van der Waals surface area (Å²) in [7, 11) is 0. The second-order valence-electron chi connectivity index (χ2n) is 5.22. The van der Waals surface area contributed by atoms with Gasteiger partial charge in [-0.2, -0.15) is 5.26 Å². The second kappa shape index (κ2) is 10.1. The molecular weight excluding hydrogens is 318 g/mol. The Hall–Kier alpha value is -2.87. The first-order chi connectivity index (χ1) is 12.3. The highest BCUT2D eigenvalue weighted by molar-refractivity contribution is 5.46. The summed E-state index contributed by atoms with van der Waals surface area (Å²) in [5, 5.41) is 8.95. The lowest BCUT2D eigenvalue weighted by molar-refractivity contribution is 0.208. The first-order valence-electron chi connectivity index (χ1n) is 8.42. The van der Waals surface area contributed by atoms with Crippen LogP contribution >= 0.6 is 0 Å². The highest BCUT2D eigenvalue weighted by atomic mass is 16.5. The summed E-state index contributed by atoms with van der Waals surface area (Å²) in [5.41, 5.74) is 0.539. The summed E-state index contributed by atoms with van der Waals surface area (Å²) in [5.74, 6) is 2.77. The van der Waals surface area contributed by atoms with Crippen LogP contribution in [0.1, 0.15) is 25.8 Å². The molecule has 2 rings (SSSR count). The van der Waals surface area contributed by atoms with Crippen molar-refractivity contribution in [2.45, 2.75) is 20.3 Å². The van der Waals surface area contributed by atoms with E-state index in [4.69, 9.17) is 24.2 Å². The molecule has 0 atom stereocenters. The summed E-state index contributed by atoms with van der Waals surface area (Å²) in [6.07, 6.45) is 0.981. The zero-order valence-electron chi connectivity index (χ0n) is 14.7. The molecule has 0 saturated carbocycles. The fourth-order valence-electron chi connectivity index (χ4n) is 2.13. The van der Waals surface area contributed by atoms with E-state index in [1.54, 1.807) is 18.2 Å². The van der Waals surface area contributed by atoms with Crippen LogP contribution in [0.15, 0.2) is 42.5 Å². The molecule has 0 aliphatic heterocycles. The van der Waals surface area contributed by atoms with Gasteiger partial charge in [0.05, 0.1) is 24.8 Å². The minimum atomic E-state index is 0.375. The molecule has 0 fully saturated rings. The fraction of sp³-hybridized carbons (Fsp3) is 0.350. The third-order valence-corrected chi connectivity index (χ3v) is 3.28. The van der Waals surface area contributed by atoms with Gasteiger partial charge in [0.2, 0.25) is 0 Å². The van der Waals surface area contributed by atoms with Crippen LogP contribution in [0.3, 0.4) is 0 Å². The van der Waals surface area contributed by atoms with E-state index in [0.717, 1.165) is 17.9 Å². The topological polar surface area (TPSA) is 60.7 Å². The van der Waals surface area contributed by atoms with Gasteiger partial charge >= 0.3 is 0 Å². The van der Waals surface area contributed by atoms with Crippen molar-refractivity contribution in [1.29, 1.82) is 5.26 Å². The van der Waals surface area contributed by atoms with Gasteiger partial charge in [0.15, 0.2) is 11.5 Å². The van der Waals surface area contributed by atoms with Gasteiger partial charge in [0, 0.05) is 6.07 Å². The second-order valence-corrected chi connectivity index (χ2v) is 5.22. The summed E-state index contributed by atoms with van der Waals surface area (Å²) < 4.78 is 22.4. The van der Waals surface area contributed by atoms with Crippen molar-refractivity contribution in [2.24, 2.45) is 0 Å². The van der Waals surface area contributed by atoms with Crippen molar-refractivity contribution in [3.8, 4) is 29.1 Å². The third kappa shape index (κ3) is 5.92. The van der Waals surface area contributed by atoms with Crippen molar-refractivity contribution in [3.63, 3.8) is 0 Å². The maximum absolute atomic E-state index is 8.95. The zero-order valence-corrected chi connectivity index (χ0v) is 14.7. The van der Waals surface area contributed by atoms with Crippen LogP contribution in [-0.2, 0) is 0 Å². The number of nitriles is 1. The van der Waals surface area contributed by atoms with E-state index in [2.05, 4.69) is 13.0 Å². The molecule has 0 aromatic heterocycles. The Morgan fingerprint density at radius 1 is 0.760 bits per heavy atom. The van der Waals surface area contributed by atoms with Crippen LogP contribution < -0.4 is 18.9 Å². The van der Waals surface area contributed by atoms with E-state index >= 15 is 0 Å². The Morgan fingerprint density at radius 2 is 1.40 bits per heavy atom. The summed E-state index contributed by atoms with van der Waals surface area (Å²) >= 11 is 0. The molecule has 0 aliphatic rings. The van der Waals surface area contributed by atoms with E-state index in [-0.39, 0.29) is 0 Å². The predicted molar refractivity (Wildman–Crippen MR) is 95.5 cm³/mol. The number of hydrogen-bond acceptors (Lipinski definition) is 5. The molecule has 0 saturated heterocycles. The molecule has 132 valence electrons. The average Bonchev–Trinajstić information content (AvgIpc) is 2.65. The predicted octanol–water partition coefficient (Wildman–Crippen LogP) is 4.20. The number of hydrogen-bond donors (Lipinski definition) is 0. The Bertz CT molecular complexity index is 692. The molecule has 2 aromatic carbocycles. The molecule has 0 heterocycles. The minimum Gasteiger partial charge on any atom is -0.494 e. The molecule has 0 spiro atoms. The van der Waals surface area contributed by atoms with Crippen molar-refractivity contribution < 1.29 is 18.9 Å². The summed E-state index contributed by atoms with van der Waals surface area (Å²) in [6, 6.07) is 14.7. The van der Waals surface area contributed by atoms with E-state index in [1.807, 2.05) is 31.2 Å². The van der Waals surface area contributed by atoms with Gasteiger partial charge in [-0.25, -0.2) is 0 Å². The van der Waals surface area contributed by atoms with Crippen LogP contribution in [-0.4, -0.2) is 26.4 Å². The molecule has 0 unspecified atom stereocenters. The Labute approximate surface area is 148 Å². The molecule has 0 bridgehead atoms. The highest BCUT2D eigenvalue weighted by Crippen LogP contribution is 2.28. The maximum atomic E-state index is 8.95. The van der Waals surface area contributed by atoms with E-state index in [9.17, 15) is 0 Å². The molecule has 0 amide bonds. The average molecular weight is 341 g/mol. The molecule has 0 N–H and O–H groups in total. The minimum absolute atomic E-state index is 0.375. The van der Waals surface area contributed by atoms with E-state index in [1.165, 1.54) is 0 Å². The molecular formula is C20H23NO4. The van der Waals surface area contributed by atoms with Crippen LogP contribution in [0.2, 0.25) is 0 Å². The van der Waals surface area contributed by atoms with Crippen LogP contribution in [0.25, 0.3) is 0 Å². The molecule has 5 nitrogen and oxygen atoms in total. The lowest BCUT2D eigenvalue weighted by atomic mass is 10.2. The molecule has 5 heteroatoms. The van der Waals surface area contributed by atoms with Gasteiger partial charge in [-0.15, -0.1) is 0 Å². The van der Waals surface area contributed by atoms with Gasteiger partial charge in [-0.05, 0) is 49.7 Å². The van der Waals surface area contributed by atoms with Crippen LogP contribution in [0, 0.1) is 11.3 Å². The Balaban J connectivity index is 1.82. The number of ether oxygens (including phenoxy) is 4. The number of benzene rings is 2. The molecule has 25 heavy (non-hydrogen) atoms. The Morgan fingerprint density at radius 3 is 2.00 bits per heavy atom. The van der Waals surface area contributed by atoms with E-state index in [0.29, 0.717) is 43.5 Å². The zero-order chi connectivity index (χ0) is 17.9.